The summed E-state index contributed by atoms with van der Waals surface area (Å²) < 4.78 is 11.4. The highest BCUT2D eigenvalue weighted by molar-refractivity contribution is 7.98. The van der Waals surface area contributed by atoms with Crippen molar-refractivity contribution in [1.82, 2.24) is 10.6 Å². The second-order valence-corrected chi connectivity index (χ2v) is 6.07. The van der Waals surface area contributed by atoms with Gasteiger partial charge in [-0.05, 0) is 30.6 Å². The zero-order valence-corrected chi connectivity index (χ0v) is 13.7. The molecule has 4 N–H and O–H groups in total. The molecule has 0 radical (unpaired) electrons. The Labute approximate surface area is 139 Å². The Kier molecular flexibility index (Phi) is 6.40. The van der Waals surface area contributed by atoms with E-state index >= 15 is 0 Å². The molecule has 1 aliphatic heterocycles. The summed E-state index contributed by atoms with van der Waals surface area (Å²) in [6.45, 7) is 0.652. The molecule has 1 aliphatic rings. The molecule has 3 amide bonds. The number of hydrogen-bond acceptors (Lipinski definition) is 5. The summed E-state index contributed by atoms with van der Waals surface area (Å²) in [7, 11) is 0. The minimum Gasteiger partial charge on any atom is -0.486 e. The van der Waals surface area contributed by atoms with Crippen LogP contribution in [0.15, 0.2) is 24.3 Å². The molecule has 7 nitrogen and oxygen atoms in total. The van der Waals surface area contributed by atoms with Crippen molar-refractivity contribution in [2.45, 2.75) is 18.6 Å². The van der Waals surface area contributed by atoms with Crippen molar-refractivity contribution in [2.75, 3.05) is 25.2 Å². The van der Waals surface area contributed by atoms with Crippen molar-refractivity contribution >= 4 is 23.7 Å². The van der Waals surface area contributed by atoms with Crippen molar-refractivity contribution in [3.8, 4) is 11.5 Å². The normalized spacial score (nSPS) is 17.2. The van der Waals surface area contributed by atoms with Crippen LogP contribution >= 0.6 is 11.8 Å². The lowest BCUT2D eigenvalue weighted by Gasteiger charge is -2.27. The third-order valence-electron chi connectivity index (χ3n) is 3.32. The van der Waals surface area contributed by atoms with Gasteiger partial charge in [-0.25, -0.2) is 4.79 Å². The SMILES string of the molecule is CSCCC(NC(N)=O)C(=O)NCC1COc2ccccc2O1. The first-order valence-corrected chi connectivity index (χ1v) is 8.70. The summed E-state index contributed by atoms with van der Waals surface area (Å²) in [5.41, 5.74) is 5.11. The Hall–Kier alpha value is -2.09. The largest absolute Gasteiger partial charge is 0.486 e. The molecule has 0 saturated heterocycles. The zero-order valence-electron chi connectivity index (χ0n) is 12.9. The van der Waals surface area contributed by atoms with E-state index in [0.717, 1.165) is 5.75 Å². The fourth-order valence-electron chi connectivity index (χ4n) is 2.18. The van der Waals surface area contributed by atoms with Gasteiger partial charge in [0.15, 0.2) is 11.5 Å². The van der Waals surface area contributed by atoms with E-state index in [1.807, 2.05) is 30.5 Å². The first kappa shape index (κ1) is 17.3. The van der Waals surface area contributed by atoms with Crippen LogP contribution in [0.1, 0.15) is 6.42 Å². The summed E-state index contributed by atoms with van der Waals surface area (Å²) in [5, 5.41) is 5.23. The standard InChI is InChI=1S/C15H21N3O4S/c1-23-7-6-11(18-15(16)20)14(19)17-8-10-9-21-12-4-2-3-5-13(12)22-10/h2-5,10-11H,6-9H2,1H3,(H,17,19)(H3,16,18,20). The van der Waals surface area contributed by atoms with E-state index in [1.165, 1.54) is 0 Å². The topological polar surface area (TPSA) is 103 Å². The molecule has 126 valence electrons. The van der Waals surface area contributed by atoms with E-state index in [9.17, 15) is 9.59 Å². The third kappa shape index (κ3) is 5.24. The maximum atomic E-state index is 12.2. The second kappa shape index (κ2) is 8.52. The van der Waals surface area contributed by atoms with Crippen LogP contribution in [0.5, 0.6) is 11.5 Å². The number of carbonyl (C=O) groups excluding carboxylic acids is 2. The predicted octanol–water partition coefficient (Wildman–Crippen LogP) is 0.733. The molecule has 2 rings (SSSR count). The number of carbonyl (C=O) groups is 2. The fourth-order valence-corrected chi connectivity index (χ4v) is 2.65. The van der Waals surface area contributed by atoms with Gasteiger partial charge < -0.3 is 25.8 Å². The maximum Gasteiger partial charge on any atom is 0.312 e. The number of hydrogen-bond donors (Lipinski definition) is 3. The number of benzene rings is 1. The summed E-state index contributed by atoms with van der Waals surface area (Å²) in [6, 6.07) is 6.03. The van der Waals surface area contributed by atoms with Crippen molar-refractivity contribution < 1.29 is 19.1 Å². The number of urea groups is 1. The average Bonchev–Trinajstić information content (AvgIpc) is 2.56. The van der Waals surface area contributed by atoms with Crippen LogP contribution in [0.3, 0.4) is 0 Å². The van der Waals surface area contributed by atoms with Gasteiger partial charge in [-0.2, -0.15) is 11.8 Å². The number of para-hydroxylation sites is 2. The van der Waals surface area contributed by atoms with Crippen molar-refractivity contribution in [2.24, 2.45) is 5.73 Å². The van der Waals surface area contributed by atoms with Gasteiger partial charge in [0.2, 0.25) is 5.91 Å². The van der Waals surface area contributed by atoms with E-state index in [0.29, 0.717) is 31.1 Å². The van der Waals surface area contributed by atoms with Crippen LogP contribution in [0.4, 0.5) is 4.79 Å². The number of ether oxygens (including phenoxy) is 2. The molecule has 0 aliphatic carbocycles. The first-order valence-electron chi connectivity index (χ1n) is 7.31. The molecule has 0 spiro atoms. The van der Waals surface area contributed by atoms with Crippen LogP contribution in [-0.2, 0) is 4.79 Å². The van der Waals surface area contributed by atoms with E-state index in [4.69, 9.17) is 15.2 Å². The number of nitrogens with two attached hydrogens (primary N) is 1. The molecule has 2 unspecified atom stereocenters. The molecule has 1 aromatic rings. The van der Waals surface area contributed by atoms with Crippen molar-refractivity contribution in [3.63, 3.8) is 0 Å². The van der Waals surface area contributed by atoms with Gasteiger partial charge in [0, 0.05) is 0 Å². The van der Waals surface area contributed by atoms with Gasteiger partial charge in [-0.3, -0.25) is 4.79 Å². The molecule has 0 saturated carbocycles. The Balaban J connectivity index is 1.84. The molecule has 23 heavy (non-hydrogen) atoms. The van der Waals surface area contributed by atoms with Gasteiger partial charge in [0.25, 0.3) is 0 Å². The Morgan fingerprint density at radius 1 is 1.39 bits per heavy atom. The maximum absolute atomic E-state index is 12.2. The van der Waals surface area contributed by atoms with Crippen molar-refractivity contribution in [1.29, 1.82) is 0 Å². The van der Waals surface area contributed by atoms with Crippen LogP contribution in [0, 0.1) is 0 Å². The number of primary amides is 1. The number of fused-ring (bicyclic) bond motifs is 1. The Bertz CT molecular complexity index is 555. The van der Waals surface area contributed by atoms with Crippen molar-refractivity contribution in [3.05, 3.63) is 24.3 Å². The summed E-state index contributed by atoms with van der Waals surface area (Å²) in [4.78, 5) is 23.2. The number of amides is 3. The molecule has 2 atom stereocenters. The number of rotatable bonds is 7. The summed E-state index contributed by atoms with van der Waals surface area (Å²) in [6.07, 6.45) is 2.17. The van der Waals surface area contributed by atoms with E-state index < -0.39 is 12.1 Å². The quantitative estimate of drug-likeness (QED) is 0.680. The fraction of sp³-hybridized carbons (Fsp3) is 0.467. The smallest absolute Gasteiger partial charge is 0.312 e. The van der Waals surface area contributed by atoms with E-state index in [1.54, 1.807) is 11.8 Å². The van der Waals surface area contributed by atoms with Gasteiger partial charge in [-0.1, -0.05) is 12.1 Å². The zero-order chi connectivity index (χ0) is 16.7. The van der Waals surface area contributed by atoms with Crippen LogP contribution in [0.2, 0.25) is 0 Å². The Morgan fingerprint density at radius 3 is 2.83 bits per heavy atom. The summed E-state index contributed by atoms with van der Waals surface area (Å²) >= 11 is 1.60. The summed E-state index contributed by atoms with van der Waals surface area (Å²) in [5.74, 6) is 1.82. The molecular weight excluding hydrogens is 318 g/mol. The van der Waals surface area contributed by atoms with Crippen LogP contribution in [-0.4, -0.2) is 49.2 Å². The monoisotopic (exact) mass is 339 g/mol. The van der Waals surface area contributed by atoms with E-state index in [2.05, 4.69) is 10.6 Å². The average molecular weight is 339 g/mol. The van der Waals surface area contributed by atoms with Crippen LogP contribution in [0.25, 0.3) is 0 Å². The minimum absolute atomic E-state index is 0.274. The number of nitrogens with one attached hydrogen (secondary N) is 2. The van der Waals surface area contributed by atoms with Gasteiger partial charge >= 0.3 is 6.03 Å². The highest BCUT2D eigenvalue weighted by Crippen LogP contribution is 2.30. The molecular formula is C15H21N3O4S. The lowest BCUT2D eigenvalue weighted by Crippen LogP contribution is -2.51. The third-order valence-corrected chi connectivity index (χ3v) is 3.96. The lowest BCUT2D eigenvalue weighted by molar-refractivity contribution is -0.123. The van der Waals surface area contributed by atoms with Gasteiger partial charge in [0.05, 0.1) is 6.54 Å². The van der Waals surface area contributed by atoms with Crippen LogP contribution < -0.4 is 25.8 Å². The molecule has 0 aromatic heterocycles. The molecule has 0 fully saturated rings. The van der Waals surface area contributed by atoms with Gasteiger partial charge in [0.1, 0.15) is 18.8 Å². The molecule has 0 bridgehead atoms. The second-order valence-electron chi connectivity index (χ2n) is 5.09. The number of thioether (sulfide) groups is 1. The molecule has 8 heteroatoms. The molecule has 1 aromatic carbocycles. The first-order chi connectivity index (χ1) is 11.1. The minimum atomic E-state index is -0.711. The van der Waals surface area contributed by atoms with Gasteiger partial charge in [-0.15, -0.1) is 0 Å². The highest BCUT2D eigenvalue weighted by atomic mass is 32.2. The lowest BCUT2D eigenvalue weighted by atomic mass is 10.2. The molecule has 1 heterocycles. The van der Waals surface area contributed by atoms with E-state index in [-0.39, 0.29) is 12.0 Å². The predicted molar refractivity (Wildman–Crippen MR) is 88.9 cm³/mol. The highest BCUT2D eigenvalue weighted by Gasteiger charge is 2.24. The Morgan fingerprint density at radius 2 is 2.13 bits per heavy atom.